The zero-order valence-electron chi connectivity index (χ0n) is 13.5. The lowest BCUT2D eigenvalue weighted by Crippen LogP contribution is -2.35. The van der Waals surface area contributed by atoms with Crippen molar-refractivity contribution in [3.05, 3.63) is 29.6 Å². The lowest BCUT2D eigenvalue weighted by atomic mass is 9.80. The van der Waals surface area contributed by atoms with Gasteiger partial charge in [-0.3, -0.25) is 0 Å². The highest BCUT2D eigenvalue weighted by Crippen LogP contribution is 2.42. The molecule has 0 amide bonds. The predicted octanol–water partition coefficient (Wildman–Crippen LogP) is 3.54. The highest BCUT2D eigenvalue weighted by molar-refractivity contribution is 5.37. The number of hydrogen-bond acceptors (Lipinski definition) is 3. The maximum Gasteiger partial charge on any atom is 0.123 e. The van der Waals surface area contributed by atoms with Crippen molar-refractivity contribution >= 4 is 0 Å². The summed E-state index contributed by atoms with van der Waals surface area (Å²) in [4.78, 5) is 0. The fourth-order valence-corrected chi connectivity index (χ4v) is 3.49. The van der Waals surface area contributed by atoms with Gasteiger partial charge >= 0.3 is 0 Å². The van der Waals surface area contributed by atoms with Crippen LogP contribution in [-0.2, 0) is 4.74 Å². The molecular formula is C17H26FNO2. The fourth-order valence-electron chi connectivity index (χ4n) is 3.49. The summed E-state index contributed by atoms with van der Waals surface area (Å²) in [5.74, 6) is 1.18. The van der Waals surface area contributed by atoms with E-state index in [1.54, 1.807) is 19.2 Å². The van der Waals surface area contributed by atoms with E-state index in [9.17, 15) is 4.39 Å². The largest absolute Gasteiger partial charge is 0.496 e. The molecule has 1 aromatic carbocycles. The zero-order chi connectivity index (χ0) is 15.6. The molecule has 0 aromatic heterocycles. The molecular weight excluding hydrogens is 269 g/mol. The summed E-state index contributed by atoms with van der Waals surface area (Å²) in [5.41, 5.74) is 0.876. The van der Waals surface area contributed by atoms with Gasteiger partial charge in [0.2, 0.25) is 0 Å². The highest BCUT2D eigenvalue weighted by Gasteiger charge is 2.42. The fraction of sp³-hybridized carbons (Fsp3) is 0.647. The smallest absolute Gasteiger partial charge is 0.123 e. The van der Waals surface area contributed by atoms with Crippen LogP contribution in [0.3, 0.4) is 0 Å². The normalized spacial score (nSPS) is 30.4. The summed E-state index contributed by atoms with van der Waals surface area (Å²) in [5, 5.41) is 3.50. The Morgan fingerprint density at radius 1 is 1.29 bits per heavy atom. The Hall–Kier alpha value is -1.13. The molecule has 4 heteroatoms. The molecule has 0 radical (unpaired) electrons. The SMILES string of the molecule is CCNC(c1cc(F)ccc1OC)C1C(C)OC(C)C1C. The van der Waals surface area contributed by atoms with E-state index in [0.717, 1.165) is 17.9 Å². The molecule has 2 rings (SSSR count). The van der Waals surface area contributed by atoms with Gasteiger partial charge in [-0.2, -0.15) is 0 Å². The number of halogens is 1. The third kappa shape index (κ3) is 3.22. The molecule has 1 saturated heterocycles. The van der Waals surface area contributed by atoms with Gasteiger partial charge in [-0.1, -0.05) is 13.8 Å². The van der Waals surface area contributed by atoms with E-state index in [2.05, 4.69) is 33.0 Å². The minimum Gasteiger partial charge on any atom is -0.496 e. The van der Waals surface area contributed by atoms with Gasteiger partial charge in [-0.15, -0.1) is 0 Å². The van der Waals surface area contributed by atoms with Gasteiger partial charge in [0.1, 0.15) is 11.6 Å². The number of hydrogen-bond donors (Lipinski definition) is 1. The van der Waals surface area contributed by atoms with Crippen LogP contribution in [0.15, 0.2) is 18.2 Å². The van der Waals surface area contributed by atoms with Gasteiger partial charge < -0.3 is 14.8 Å². The summed E-state index contributed by atoms with van der Waals surface area (Å²) < 4.78 is 25.1. The Labute approximate surface area is 126 Å². The van der Waals surface area contributed by atoms with E-state index >= 15 is 0 Å². The van der Waals surface area contributed by atoms with Crippen LogP contribution in [0.4, 0.5) is 4.39 Å². The maximum atomic E-state index is 13.7. The van der Waals surface area contributed by atoms with E-state index in [1.165, 1.54) is 6.07 Å². The first kappa shape index (κ1) is 16.2. The van der Waals surface area contributed by atoms with Crippen molar-refractivity contribution in [2.75, 3.05) is 13.7 Å². The van der Waals surface area contributed by atoms with E-state index in [4.69, 9.17) is 9.47 Å². The van der Waals surface area contributed by atoms with Crippen molar-refractivity contribution in [3.8, 4) is 5.75 Å². The molecule has 5 atom stereocenters. The summed E-state index contributed by atoms with van der Waals surface area (Å²) in [6.45, 7) is 9.28. The topological polar surface area (TPSA) is 30.5 Å². The number of ether oxygens (including phenoxy) is 2. The number of nitrogens with one attached hydrogen (secondary N) is 1. The summed E-state index contributed by atoms with van der Waals surface area (Å²) in [6.07, 6.45) is 0.345. The Bertz CT molecular complexity index is 480. The molecule has 1 heterocycles. The van der Waals surface area contributed by atoms with Crippen LogP contribution in [0.2, 0.25) is 0 Å². The van der Waals surface area contributed by atoms with E-state index in [1.807, 2.05) is 0 Å². The molecule has 1 fully saturated rings. The van der Waals surface area contributed by atoms with Crippen molar-refractivity contribution in [2.45, 2.75) is 45.9 Å². The Morgan fingerprint density at radius 3 is 2.52 bits per heavy atom. The minimum absolute atomic E-state index is 0.0237. The molecule has 1 aliphatic heterocycles. The molecule has 118 valence electrons. The molecule has 1 aliphatic rings. The second-order valence-electron chi connectivity index (χ2n) is 5.90. The lowest BCUT2D eigenvalue weighted by molar-refractivity contribution is 0.0474. The molecule has 1 aromatic rings. The molecule has 1 N–H and O–H groups in total. The first-order chi connectivity index (χ1) is 9.99. The van der Waals surface area contributed by atoms with Crippen LogP contribution in [0.5, 0.6) is 5.75 Å². The summed E-state index contributed by atoms with van der Waals surface area (Å²) >= 11 is 0. The molecule has 0 saturated carbocycles. The summed E-state index contributed by atoms with van der Waals surface area (Å²) in [6, 6.07) is 4.74. The zero-order valence-corrected chi connectivity index (χ0v) is 13.5. The van der Waals surface area contributed by atoms with Crippen LogP contribution in [0, 0.1) is 17.7 Å². The van der Waals surface area contributed by atoms with Gasteiger partial charge in [0, 0.05) is 17.5 Å². The van der Waals surface area contributed by atoms with Crippen molar-refractivity contribution in [3.63, 3.8) is 0 Å². The number of methoxy groups -OCH3 is 1. The van der Waals surface area contributed by atoms with Gasteiger partial charge in [-0.05, 0) is 44.5 Å². The highest BCUT2D eigenvalue weighted by atomic mass is 19.1. The quantitative estimate of drug-likeness (QED) is 0.901. The summed E-state index contributed by atoms with van der Waals surface area (Å²) in [7, 11) is 1.63. The van der Waals surface area contributed by atoms with Crippen molar-refractivity contribution < 1.29 is 13.9 Å². The third-order valence-electron chi connectivity index (χ3n) is 4.65. The van der Waals surface area contributed by atoms with Gasteiger partial charge in [0.25, 0.3) is 0 Å². The van der Waals surface area contributed by atoms with Crippen molar-refractivity contribution in [2.24, 2.45) is 11.8 Å². The van der Waals surface area contributed by atoms with Crippen LogP contribution in [0.1, 0.15) is 39.3 Å². The Kier molecular flexibility index (Phi) is 5.22. The second-order valence-corrected chi connectivity index (χ2v) is 5.90. The average molecular weight is 295 g/mol. The third-order valence-corrected chi connectivity index (χ3v) is 4.65. The molecule has 0 bridgehead atoms. The Balaban J connectivity index is 2.41. The standard InChI is InChI=1S/C17H26FNO2/c1-6-19-17(16-10(2)11(3)21-12(16)4)14-9-13(18)7-8-15(14)20-5/h7-12,16-17,19H,6H2,1-5H3. The number of rotatable bonds is 5. The van der Waals surface area contributed by atoms with Crippen LogP contribution in [-0.4, -0.2) is 25.9 Å². The van der Waals surface area contributed by atoms with Gasteiger partial charge in [0.05, 0.1) is 19.3 Å². The minimum atomic E-state index is -0.235. The van der Waals surface area contributed by atoms with Crippen LogP contribution < -0.4 is 10.1 Å². The Morgan fingerprint density at radius 2 is 2.00 bits per heavy atom. The molecule has 21 heavy (non-hydrogen) atoms. The van der Waals surface area contributed by atoms with Crippen molar-refractivity contribution in [1.82, 2.24) is 5.32 Å². The van der Waals surface area contributed by atoms with Gasteiger partial charge in [-0.25, -0.2) is 4.39 Å². The molecule has 0 aliphatic carbocycles. The number of benzene rings is 1. The molecule has 0 spiro atoms. The van der Waals surface area contributed by atoms with Crippen LogP contribution in [0.25, 0.3) is 0 Å². The maximum absolute atomic E-state index is 13.7. The predicted molar refractivity (Wildman–Crippen MR) is 82.0 cm³/mol. The van der Waals surface area contributed by atoms with Crippen molar-refractivity contribution in [1.29, 1.82) is 0 Å². The first-order valence-corrected chi connectivity index (χ1v) is 7.71. The molecule has 3 nitrogen and oxygen atoms in total. The first-order valence-electron chi connectivity index (χ1n) is 7.71. The lowest BCUT2D eigenvalue weighted by Gasteiger charge is -2.31. The monoisotopic (exact) mass is 295 g/mol. The second kappa shape index (κ2) is 6.75. The van der Waals surface area contributed by atoms with Crippen LogP contribution >= 0.6 is 0 Å². The van der Waals surface area contributed by atoms with E-state index in [-0.39, 0.29) is 30.0 Å². The molecule has 5 unspecified atom stereocenters. The van der Waals surface area contributed by atoms with E-state index in [0.29, 0.717) is 5.92 Å². The average Bonchev–Trinajstić information content (AvgIpc) is 2.70. The van der Waals surface area contributed by atoms with Gasteiger partial charge in [0.15, 0.2) is 0 Å². The van der Waals surface area contributed by atoms with E-state index < -0.39 is 0 Å².